The first-order valence-electron chi connectivity index (χ1n) is 7.83. The lowest BCUT2D eigenvalue weighted by atomic mass is 10.2. The highest BCUT2D eigenvalue weighted by molar-refractivity contribution is 7.91. The predicted octanol–water partition coefficient (Wildman–Crippen LogP) is 0.727. The summed E-state index contributed by atoms with van der Waals surface area (Å²) in [4.78, 5) is 25.9. The van der Waals surface area contributed by atoms with Gasteiger partial charge in [-0.3, -0.25) is 4.79 Å². The minimum absolute atomic E-state index is 0.0181. The second-order valence-corrected chi connectivity index (χ2v) is 8.44. The van der Waals surface area contributed by atoms with E-state index in [1.807, 2.05) is 0 Å². The second kappa shape index (κ2) is 6.43. The van der Waals surface area contributed by atoms with E-state index in [1.54, 1.807) is 4.90 Å². The SMILES string of the molecule is O=C(OCC(=O)N(C1CC1)[C@H]1CCS(=O)(=O)C1)c1cccc(O)c1. The standard InChI is InChI=1S/C16H19NO6S/c18-14-3-1-2-11(8-14)16(20)23-9-15(19)17(12-4-5-12)13-6-7-24(21,22)10-13/h1-3,8,12-13,18H,4-7,9-10H2/t13-/m0/s1. The van der Waals surface area contributed by atoms with Crippen LogP contribution in [0.4, 0.5) is 0 Å². The van der Waals surface area contributed by atoms with Crippen molar-refractivity contribution in [2.24, 2.45) is 0 Å². The van der Waals surface area contributed by atoms with E-state index in [2.05, 4.69) is 0 Å². The molecule has 8 heteroatoms. The summed E-state index contributed by atoms with van der Waals surface area (Å²) in [5.74, 6) is -1.05. The van der Waals surface area contributed by atoms with Crippen LogP contribution in [0.3, 0.4) is 0 Å². The van der Waals surface area contributed by atoms with Crippen LogP contribution in [-0.4, -0.2) is 60.5 Å². The highest BCUT2D eigenvalue weighted by Gasteiger charge is 2.42. The smallest absolute Gasteiger partial charge is 0.338 e. The molecule has 1 amide bonds. The molecule has 1 aliphatic carbocycles. The van der Waals surface area contributed by atoms with Crippen molar-refractivity contribution in [3.63, 3.8) is 0 Å². The van der Waals surface area contributed by atoms with Crippen molar-refractivity contribution in [3.05, 3.63) is 29.8 Å². The molecule has 3 rings (SSSR count). The molecule has 24 heavy (non-hydrogen) atoms. The van der Waals surface area contributed by atoms with Gasteiger partial charge in [-0.05, 0) is 37.5 Å². The van der Waals surface area contributed by atoms with Gasteiger partial charge in [-0.1, -0.05) is 6.07 Å². The molecule has 0 spiro atoms. The molecule has 1 N–H and O–H groups in total. The van der Waals surface area contributed by atoms with Crippen LogP contribution in [0, 0.1) is 0 Å². The zero-order valence-electron chi connectivity index (χ0n) is 13.1. The Hall–Kier alpha value is -2.09. The van der Waals surface area contributed by atoms with Gasteiger partial charge in [0.2, 0.25) is 0 Å². The average molecular weight is 353 g/mol. The minimum atomic E-state index is -3.09. The molecular weight excluding hydrogens is 334 g/mol. The van der Waals surface area contributed by atoms with Gasteiger partial charge in [0.1, 0.15) is 5.75 Å². The van der Waals surface area contributed by atoms with Gasteiger partial charge in [0.15, 0.2) is 16.4 Å². The van der Waals surface area contributed by atoms with Crippen molar-refractivity contribution in [3.8, 4) is 5.75 Å². The van der Waals surface area contributed by atoms with Crippen molar-refractivity contribution >= 4 is 21.7 Å². The summed E-state index contributed by atoms with van der Waals surface area (Å²) in [7, 11) is -3.09. The van der Waals surface area contributed by atoms with E-state index >= 15 is 0 Å². The van der Waals surface area contributed by atoms with E-state index in [0.717, 1.165) is 12.8 Å². The Labute approximate surface area is 140 Å². The average Bonchev–Trinajstić information content (AvgIpc) is 3.28. The maximum absolute atomic E-state index is 12.4. The maximum atomic E-state index is 12.4. The molecule has 1 saturated carbocycles. The third kappa shape index (κ3) is 3.87. The van der Waals surface area contributed by atoms with Gasteiger partial charge in [-0.15, -0.1) is 0 Å². The van der Waals surface area contributed by atoms with E-state index in [9.17, 15) is 23.1 Å². The summed E-state index contributed by atoms with van der Waals surface area (Å²) in [5, 5.41) is 9.36. The summed E-state index contributed by atoms with van der Waals surface area (Å²) in [6, 6.07) is 5.40. The molecule has 1 aromatic carbocycles. The Morgan fingerprint density at radius 1 is 1.21 bits per heavy atom. The van der Waals surface area contributed by atoms with E-state index in [1.165, 1.54) is 24.3 Å². The molecule has 2 fully saturated rings. The van der Waals surface area contributed by atoms with Gasteiger partial charge < -0.3 is 14.7 Å². The first kappa shape index (κ1) is 16.8. The van der Waals surface area contributed by atoms with E-state index < -0.39 is 22.4 Å². The minimum Gasteiger partial charge on any atom is -0.508 e. The van der Waals surface area contributed by atoms with Crippen LogP contribution < -0.4 is 0 Å². The number of phenols is 1. The first-order valence-corrected chi connectivity index (χ1v) is 9.65. The van der Waals surface area contributed by atoms with Gasteiger partial charge >= 0.3 is 5.97 Å². The van der Waals surface area contributed by atoms with E-state index in [-0.39, 0.29) is 40.8 Å². The number of ether oxygens (including phenoxy) is 1. The van der Waals surface area contributed by atoms with Crippen LogP contribution in [-0.2, 0) is 19.4 Å². The first-order chi connectivity index (χ1) is 11.4. The Morgan fingerprint density at radius 3 is 2.54 bits per heavy atom. The fraction of sp³-hybridized carbons (Fsp3) is 0.500. The zero-order valence-corrected chi connectivity index (χ0v) is 13.9. The molecule has 0 aromatic heterocycles. The number of sulfone groups is 1. The third-order valence-electron chi connectivity index (χ3n) is 4.24. The van der Waals surface area contributed by atoms with Crippen molar-refractivity contribution in [2.75, 3.05) is 18.1 Å². The Bertz CT molecular complexity index is 756. The molecule has 2 aliphatic rings. The molecule has 1 heterocycles. The molecule has 130 valence electrons. The topological polar surface area (TPSA) is 101 Å². The van der Waals surface area contributed by atoms with Gasteiger partial charge in [0.05, 0.1) is 17.1 Å². The van der Waals surface area contributed by atoms with E-state index in [0.29, 0.717) is 6.42 Å². The molecule has 0 unspecified atom stereocenters. The number of hydrogen-bond acceptors (Lipinski definition) is 6. The Morgan fingerprint density at radius 2 is 1.96 bits per heavy atom. The van der Waals surface area contributed by atoms with Crippen LogP contribution in [0.5, 0.6) is 5.75 Å². The van der Waals surface area contributed by atoms with Crippen LogP contribution in [0.15, 0.2) is 24.3 Å². The quantitative estimate of drug-likeness (QED) is 0.783. The van der Waals surface area contributed by atoms with Gasteiger partial charge in [-0.25, -0.2) is 13.2 Å². The lowest BCUT2D eigenvalue weighted by molar-refractivity contribution is -0.137. The normalized spacial score (nSPS) is 22.1. The lowest BCUT2D eigenvalue weighted by Gasteiger charge is -2.28. The monoisotopic (exact) mass is 353 g/mol. The van der Waals surface area contributed by atoms with Crippen LogP contribution >= 0.6 is 0 Å². The molecule has 1 aliphatic heterocycles. The number of phenolic OH excluding ortho intramolecular Hbond substituents is 1. The number of aromatic hydroxyl groups is 1. The van der Waals surface area contributed by atoms with Gasteiger partial charge in [0, 0.05) is 12.1 Å². The number of benzene rings is 1. The molecule has 0 bridgehead atoms. The fourth-order valence-corrected chi connectivity index (χ4v) is 4.68. The second-order valence-electron chi connectivity index (χ2n) is 6.22. The molecule has 7 nitrogen and oxygen atoms in total. The van der Waals surface area contributed by atoms with Crippen molar-refractivity contribution in [2.45, 2.75) is 31.3 Å². The number of hydrogen-bond donors (Lipinski definition) is 1. The van der Waals surface area contributed by atoms with Gasteiger partial charge in [0.25, 0.3) is 5.91 Å². The lowest BCUT2D eigenvalue weighted by Crippen LogP contribution is -2.44. The Balaban J connectivity index is 1.61. The van der Waals surface area contributed by atoms with Crippen LogP contribution in [0.1, 0.15) is 29.6 Å². The number of carbonyl (C=O) groups is 2. The molecule has 1 aromatic rings. The largest absolute Gasteiger partial charge is 0.508 e. The van der Waals surface area contributed by atoms with Crippen molar-refractivity contribution in [1.29, 1.82) is 0 Å². The number of nitrogens with zero attached hydrogens (tertiary/aromatic N) is 1. The fourth-order valence-electron chi connectivity index (χ4n) is 2.97. The number of rotatable bonds is 5. The highest BCUT2D eigenvalue weighted by Crippen LogP contribution is 2.32. The zero-order chi connectivity index (χ0) is 17.3. The highest BCUT2D eigenvalue weighted by atomic mass is 32.2. The van der Waals surface area contributed by atoms with Crippen molar-refractivity contribution in [1.82, 2.24) is 4.90 Å². The predicted molar refractivity (Wildman–Crippen MR) is 85.3 cm³/mol. The number of amides is 1. The summed E-state index contributed by atoms with van der Waals surface area (Å²) in [5.41, 5.74) is 0.157. The molecular formula is C16H19NO6S. The van der Waals surface area contributed by atoms with Gasteiger partial charge in [-0.2, -0.15) is 0 Å². The summed E-state index contributed by atoms with van der Waals surface area (Å²) >= 11 is 0. The number of carbonyl (C=O) groups excluding carboxylic acids is 2. The molecule has 1 atom stereocenters. The molecule has 0 radical (unpaired) electrons. The molecule has 1 saturated heterocycles. The summed E-state index contributed by atoms with van der Waals surface area (Å²) in [6.45, 7) is -0.429. The maximum Gasteiger partial charge on any atom is 0.338 e. The summed E-state index contributed by atoms with van der Waals surface area (Å²) < 4.78 is 28.3. The van der Waals surface area contributed by atoms with E-state index in [4.69, 9.17) is 4.74 Å². The van der Waals surface area contributed by atoms with Crippen molar-refractivity contribution < 1.29 is 27.9 Å². The van der Waals surface area contributed by atoms with Crippen LogP contribution in [0.2, 0.25) is 0 Å². The summed E-state index contributed by atoms with van der Waals surface area (Å²) in [6.07, 6.45) is 2.14. The third-order valence-corrected chi connectivity index (χ3v) is 5.99. The van der Waals surface area contributed by atoms with Crippen LogP contribution in [0.25, 0.3) is 0 Å². The Kier molecular flexibility index (Phi) is 4.49. The number of esters is 1.